The minimum Gasteiger partial charge on any atom is -0.459 e. The molecule has 0 radical (unpaired) electrons. The Morgan fingerprint density at radius 1 is 1.03 bits per heavy atom. The van der Waals surface area contributed by atoms with Crippen LogP contribution in [0.15, 0.2) is 52.0 Å². The first-order valence-electron chi connectivity index (χ1n) is 9.70. The highest BCUT2D eigenvalue weighted by atomic mass is 32.2. The van der Waals surface area contributed by atoms with Gasteiger partial charge < -0.3 is 19.5 Å². The van der Waals surface area contributed by atoms with E-state index in [1.54, 1.807) is 45.6 Å². The first kappa shape index (κ1) is 21.9. The summed E-state index contributed by atoms with van der Waals surface area (Å²) in [4.78, 5) is 43.3. The van der Waals surface area contributed by atoms with Gasteiger partial charge in [0, 0.05) is 31.1 Å². The van der Waals surface area contributed by atoms with Crippen molar-refractivity contribution < 1.29 is 18.8 Å². The van der Waals surface area contributed by atoms with Gasteiger partial charge in [0.1, 0.15) is 0 Å². The maximum absolute atomic E-state index is 12.6. The van der Waals surface area contributed by atoms with Crippen molar-refractivity contribution in [2.75, 3.05) is 57.9 Å². The molecule has 1 aromatic heterocycles. The van der Waals surface area contributed by atoms with E-state index in [1.807, 2.05) is 30.5 Å². The number of nitrogens with zero attached hydrogens (tertiary/aromatic N) is 3. The van der Waals surface area contributed by atoms with Crippen LogP contribution in [0.25, 0.3) is 0 Å². The number of furan rings is 1. The molecule has 0 saturated carbocycles. The molecule has 0 bridgehead atoms. The number of benzene rings is 1. The second kappa shape index (κ2) is 10.3. The molecule has 1 fully saturated rings. The summed E-state index contributed by atoms with van der Waals surface area (Å²) in [5.74, 6) is -0.0736. The Morgan fingerprint density at radius 3 is 2.40 bits per heavy atom. The Labute approximate surface area is 180 Å². The monoisotopic (exact) mass is 430 g/mol. The lowest BCUT2D eigenvalue weighted by Crippen LogP contribution is -2.52. The minimum absolute atomic E-state index is 0.0556. The predicted octanol–water partition coefficient (Wildman–Crippen LogP) is 1.86. The lowest BCUT2D eigenvalue weighted by molar-refractivity contribution is -0.133. The van der Waals surface area contributed by atoms with Crippen molar-refractivity contribution in [1.82, 2.24) is 14.7 Å². The Hall–Kier alpha value is -2.78. The third kappa shape index (κ3) is 5.64. The number of piperazine rings is 1. The fraction of sp³-hybridized carbons (Fsp3) is 0.381. The van der Waals surface area contributed by atoms with Crippen LogP contribution in [0.5, 0.6) is 0 Å². The number of amides is 3. The van der Waals surface area contributed by atoms with Crippen molar-refractivity contribution in [1.29, 1.82) is 0 Å². The lowest BCUT2D eigenvalue weighted by Gasteiger charge is -2.35. The van der Waals surface area contributed by atoms with Gasteiger partial charge in [-0.15, -0.1) is 11.8 Å². The first-order chi connectivity index (χ1) is 14.5. The first-order valence-corrected chi connectivity index (χ1v) is 10.9. The maximum Gasteiger partial charge on any atom is 0.289 e. The maximum atomic E-state index is 12.6. The highest BCUT2D eigenvalue weighted by Crippen LogP contribution is 2.24. The lowest BCUT2D eigenvalue weighted by atomic mass is 10.2. The fourth-order valence-corrected chi connectivity index (χ4v) is 3.84. The van der Waals surface area contributed by atoms with Gasteiger partial charge in [0.25, 0.3) is 5.91 Å². The van der Waals surface area contributed by atoms with Gasteiger partial charge in [0.2, 0.25) is 11.8 Å². The smallest absolute Gasteiger partial charge is 0.289 e. The number of nitrogens with one attached hydrogen (secondary N) is 1. The van der Waals surface area contributed by atoms with E-state index in [9.17, 15) is 14.4 Å². The molecule has 3 amide bonds. The topological polar surface area (TPSA) is 86.1 Å². The van der Waals surface area contributed by atoms with Gasteiger partial charge in [-0.25, -0.2) is 0 Å². The summed E-state index contributed by atoms with van der Waals surface area (Å²) in [6.45, 7) is 2.11. The Balaban J connectivity index is 1.43. The highest BCUT2D eigenvalue weighted by molar-refractivity contribution is 7.98. The van der Waals surface area contributed by atoms with Crippen molar-refractivity contribution in [3.8, 4) is 0 Å². The molecule has 0 unspecified atom stereocenters. The summed E-state index contributed by atoms with van der Waals surface area (Å²) in [6, 6.07) is 10.9. The molecular formula is C21H26N4O4S. The minimum atomic E-state index is -0.166. The largest absolute Gasteiger partial charge is 0.459 e. The van der Waals surface area contributed by atoms with Crippen LogP contribution in [0.1, 0.15) is 10.6 Å². The van der Waals surface area contributed by atoms with Crippen LogP contribution >= 0.6 is 11.8 Å². The molecule has 0 spiro atoms. The van der Waals surface area contributed by atoms with Gasteiger partial charge in [-0.1, -0.05) is 12.1 Å². The van der Waals surface area contributed by atoms with Crippen molar-refractivity contribution >= 4 is 35.2 Å². The molecular weight excluding hydrogens is 404 g/mol. The van der Waals surface area contributed by atoms with Crippen LogP contribution < -0.4 is 5.32 Å². The third-order valence-electron chi connectivity index (χ3n) is 4.85. The van der Waals surface area contributed by atoms with E-state index in [0.717, 1.165) is 10.6 Å². The van der Waals surface area contributed by atoms with Crippen LogP contribution in [0.3, 0.4) is 0 Å². The molecule has 3 rings (SSSR count). The molecule has 2 heterocycles. The summed E-state index contributed by atoms with van der Waals surface area (Å²) < 4.78 is 5.15. The Bertz CT molecular complexity index is 879. The second-order valence-corrected chi connectivity index (χ2v) is 7.92. The van der Waals surface area contributed by atoms with E-state index in [0.29, 0.717) is 31.9 Å². The Kier molecular flexibility index (Phi) is 7.53. The molecule has 1 aliphatic heterocycles. The zero-order valence-electron chi connectivity index (χ0n) is 17.2. The van der Waals surface area contributed by atoms with Gasteiger partial charge in [0.05, 0.1) is 25.0 Å². The zero-order valence-corrected chi connectivity index (χ0v) is 18.0. The number of hydrogen-bond donors (Lipinski definition) is 1. The van der Waals surface area contributed by atoms with Gasteiger partial charge in [0.15, 0.2) is 5.76 Å². The fourth-order valence-electron chi connectivity index (χ4n) is 3.28. The average molecular weight is 431 g/mol. The molecule has 30 heavy (non-hydrogen) atoms. The number of para-hydroxylation sites is 1. The Morgan fingerprint density at radius 2 is 1.73 bits per heavy atom. The molecule has 0 aliphatic carbocycles. The molecule has 1 aliphatic rings. The summed E-state index contributed by atoms with van der Waals surface area (Å²) in [6.07, 6.45) is 3.43. The summed E-state index contributed by atoms with van der Waals surface area (Å²) in [5.41, 5.74) is 0.770. The molecule has 8 nitrogen and oxygen atoms in total. The standard InChI is InChI=1S/C21H26N4O4S/c1-23(14-19(26)22-16-6-3-4-8-18(16)30-2)15-20(27)24-9-11-25(12-10-24)21(28)17-7-5-13-29-17/h3-8,13H,9-12,14-15H2,1-2H3,(H,22,26). The zero-order chi connectivity index (χ0) is 21.5. The number of rotatable bonds is 7. The number of carbonyl (C=O) groups excluding carboxylic acids is 3. The third-order valence-corrected chi connectivity index (χ3v) is 5.65. The number of carbonyl (C=O) groups is 3. The quantitative estimate of drug-likeness (QED) is 0.675. The van der Waals surface area contributed by atoms with Crippen molar-refractivity contribution in [3.63, 3.8) is 0 Å². The number of anilines is 1. The van der Waals surface area contributed by atoms with E-state index < -0.39 is 0 Å². The van der Waals surface area contributed by atoms with E-state index in [-0.39, 0.29) is 30.8 Å². The van der Waals surface area contributed by atoms with E-state index >= 15 is 0 Å². The van der Waals surface area contributed by atoms with E-state index in [4.69, 9.17) is 4.42 Å². The summed E-state index contributed by atoms with van der Waals surface area (Å²) in [7, 11) is 1.74. The molecule has 160 valence electrons. The average Bonchev–Trinajstić information content (AvgIpc) is 3.28. The van der Waals surface area contributed by atoms with Crippen molar-refractivity contribution in [2.45, 2.75) is 4.90 Å². The normalized spacial score (nSPS) is 14.1. The second-order valence-electron chi connectivity index (χ2n) is 7.07. The number of hydrogen-bond acceptors (Lipinski definition) is 6. The van der Waals surface area contributed by atoms with Crippen LogP contribution in [-0.2, 0) is 9.59 Å². The van der Waals surface area contributed by atoms with Crippen LogP contribution in [-0.4, -0.2) is 85.0 Å². The number of likely N-dealkylation sites (N-methyl/N-ethyl adjacent to an activating group) is 1. The van der Waals surface area contributed by atoms with Gasteiger partial charge in [-0.3, -0.25) is 19.3 Å². The van der Waals surface area contributed by atoms with Crippen LogP contribution in [0, 0.1) is 0 Å². The highest BCUT2D eigenvalue weighted by Gasteiger charge is 2.26. The molecule has 2 aromatic rings. The predicted molar refractivity (Wildman–Crippen MR) is 116 cm³/mol. The molecule has 9 heteroatoms. The van der Waals surface area contributed by atoms with Crippen molar-refractivity contribution in [2.24, 2.45) is 0 Å². The van der Waals surface area contributed by atoms with Crippen LogP contribution in [0.2, 0.25) is 0 Å². The number of thioether (sulfide) groups is 1. The van der Waals surface area contributed by atoms with Crippen LogP contribution in [0.4, 0.5) is 5.69 Å². The van der Waals surface area contributed by atoms with Crippen molar-refractivity contribution in [3.05, 3.63) is 48.4 Å². The van der Waals surface area contributed by atoms with E-state index in [2.05, 4.69) is 5.32 Å². The van der Waals surface area contributed by atoms with E-state index in [1.165, 1.54) is 6.26 Å². The molecule has 1 saturated heterocycles. The molecule has 1 N–H and O–H groups in total. The van der Waals surface area contributed by atoms with Gasteiger partial charge in [-0.05, 0) is 37.6 Å². The SMILES string of the molecule is CSc1ccccc1NC(=O)CN(C)CC(=O)N1CCN(C(=O)c2ccco2)CC1. The summed E-state index contributed by atoms with van der Waals surface area (Å²) >= 11 is 1.56. The summed E-state index contributed by atoms with van der Waals surface area (Å²) in [5, 5.41) is 2.90. The van der Waals surface area contributed by atoms with Gasteiger partial charge in [-0.2, -0.15) is 0 Å². The molecule has 0 atom stereocenters. The molecule has 1 aromatic carbocycles. The van der Waals surface area contributed by atoms with Gasteiger partial charge >= 0.3 is 0 Å².